The van der Waals surface area contributed by atoms with E-state index in [9.17, 15) is 4.79 Å². The fraction of sp³-hybridized carbons (Fsp3) is 0.385. The smallest absolute Gasteiger partial charge is 0.258 e. The highest BCUT2D eigenvalue weighted by molar-refractivity contribution is 9.10. The average Bonchev–Trinajstić information content (AvgIpc) is 2.83. The first-order chi connectivity index (χ1) is 8.74. The molecule has 0 saturated carbocycles. The third-order valence-corrected chi connectivity index (χ3v) is 3.98. The largest absolute Gasteiger partial charge is 0.316 e. The van der Waals surface area contributed by atoms with Crippen molar-refractivity contribution in [1.29, 1.82) is 0 Å². The molecule has 94 valence electrons. The SMILES string of the molecule is O=c1cc(CC2CCNC2)nc2c(Br)cccn12. The second-order valence-corrected chi connectivity index (χ2v) is 5.55. The highest BCUT2D eigenvalue weighted by atomic mass is 79.9. The van der Waals surface area contributed by atoms with Crippen molar-refractivity contribution in [3.8, 4) is 0 Å². The van der Waals surface area contributed by atoms with Gasteiger partial charge in [-0.25, -0.2) is 4.98 Å². The van der Waals surface area contributed by atoms with E-state index >= 15 is 0 Å². The molecule has 1 unspecified atom stereocenters. The Morgan fingerprint density at radius 3 is 3.22 bits per heavy atom. The monoisotopic (exact) mass is 307 g/mol. The summed E-state index contributed by atoms with van der Waals surface area (Å²) < 4.78 is 2.43. The number of fused-ring (bicyclic) bond motifs is 1. The van der Waals surface area contributed by atoms with Crippen LogP contribution in [0.5, 0.6) is 0 Å². The van der Waals surface area contributed by atoms with Crippen molar-refractivity contribution in [3.05, 3.63) is 44.9 Å². The molecule has 1 N–H and O–H groups in total. The summed E-state index contributed by atoms with van der Waals surface area (Å²) in [6.45, 7) is 2.10. The molecule has 0 aromatic carbocycles. The van der Waals surface area contributed by atoms with Gasteiger partial charge in [-0.1, -0.05) is 0 Å². The Bertz CT molecular complexity index is 632. The normalized spacial score (nSPS) is 19.5. The van der Waals surface area contributed by atoms with Crippen molar-refractivity contribution >= 4 is 21.6 Å². The first kappa shape index (κ1) is 11.9. The minimum absolute atomic E-state index is 0.0118. The molecule has 3 heterocycles. The summed E-state index contributed by atoms with van der Waals surface area (Å²) in [7, 11) is 0. The Hall–Kier alpha value is -1.20. The zero-order chi connectivity index (χ0) is 12.5. The average molecular weight is 308 g/mol. The molecule has 1 fully saturated rings. The van der Waals surface area contributed by atoms with Crippen LogP contribution in [0.15, 0.2) is 33.7 Å². The van der Waals surface area contributed by atoms with Gasteiger partial charge in [0.1, 0.15) is 0 Å². The van der Waals surface area contributed by atoms with Gasteiger partial charge in [0.2, 0.25) is 0 Å². The minimum atomic E-state index is -0.0118. The van der Waals surface area contributed by atoms with E-state index in [1.54, 1.807) is 16.7 Å². The number of nitrogens with zero attached hydrogens (tertiary/aromatic N) is 2. The van der Waals surface area contributed by atoms with Gasteiger partial charge >= 0.3 is 0 Å². The van der Waals surface area contributed by atoms with E-state index in [2.05, 4.69) is 26.2 Å². The number of aromatic nitrogens is 2. The molecule has 0 radical (unpaired) electrons. The van der Waals surface area contributed by atoms with E-state index in [-0.39, 0.29) is 5.56 Å². The summed E-state index contributed by atoms with van der Waals surface area (Å²) in [6.07, 6.45) is 3.79. The third-order valence-electron chi connectivity index (χ3n) is 3.36. The molecule has 1 aliphatic heterocycles. The lowest BCUT2D eigenvalue weighted by molar-refractivity contribution is 0.571. The lowest BCUT2D eigenvalue weighted by atomic mass is 10.0. The van der Waals surface area contributed by atoms with Crippen molar-refractivity contribution in [2.24, 2.45) is 5.92 Å². The van der Waals surface area contributed by atoms with Crippen molar-refractivity contribution < 1.29 is 0 Å². The number of halogens is 1. The molecule has 0 amide bonds. The second kappa shape index (κ2) is 4.82. The number of pyridine rings is 1. The molecular weight excluding hydrogens is 294 g/mol. The predicted molar refractivity (Wildman–Crippen MR) is 73.8 cm³/mol. The van der Waals surface area contributed by atoms with Crippen molar-refractivity contribution in [2.75, 3.05) is 13.1 Å². The molecule has 0 bridgehead atoms. The summed E-state index contributed by atoms with van der Waals surface area (Å²) in [4.78, 5) is 16.6. The minimum Gasteiger partial charge on any atom is -0.316 e. The Balaban J connectivity index is 2.03. The van der Waals surface area contributed by atoms with Gasteiger partial charge in [-0.15, -0.1) is 0 Å². The van der Waals surface area contributed by atoms with Gasteiger partial charge in [0.15, 0.2) is 5.65 Å². The van der Waals surface area contributed by atoms with E-state index in [1.165, 1.54) is 0 Å². The van der Waals surface area contributed by atoms with E-state index in [0.717, 1.165) is 36.1 Å². The van der Waals surface area contributed by atoms with Gasteiger partial charge in [0.05, 0.1) is 4.47 Å². The topological polar surface area (TPSA) is 46.4 Å². The first-order valence-corrected chi connectivity index (χ1v) is 6.91. The molecule has 2 aromatic heterocycles. The van der Waals surface area contributed by atoms with Crippen LogP contribution in [0.25, 0.3) is 5.65 Å². The maximum atomic E-state index is 12.0. The number of hydrogen-bond acceptors (Lipinski definition) is 3. The molecule has 5 heteroatoms. The van der Waals surface area contributed by atoms with Gasteiger partial charge in [0.25, 0.3) is 5.56 Å². The molecule has 18 heavy (non-hydrogen) atoms. The summed E-state index contributed by atoms with van der Waals surface area (Å²) in [5.41, 5.74) is 1.58. The van der Waals surface area contributed by atoms with Crippen molar-refractivity contribution in [3.63, 3.8) is 0 Å². The third kappa shape index (κ3) is 2.20. The van der Waals surface area contributed by atoms with Gasteiger partial charge < -0.3 is 5.32 Å². The van der Waals surface area contributed by atoms with E-state index in [0.29, 0.717) is 11.6 Å². The van der Waals surface area contributed by atoms with E-state index in [4.69, 9.17) is 0 Å². The number of nitrogens with one attached hydrogen (secondary N) is 1. The summed E-state index contributed by atoms with van der Waals surface area (Å²) in [5.74, 6) is 0.599. The fourth-order valence-electron chi connectivity index (χ4n) is 2.43. The number of hydrogen-bond donors (Lipinski definition) is 1. The summed E-state index contributed by atoms with van der Waals surface area (Å²) >= 11 is 3.44. The van der Waals surface area contributed by atoms with Crippen LogP contribution >= 0.6 is 15.9 Å². The Morgan fingerprint density at radius 1 is 1.56 bits per heavy atom. The van der Waals surface area contributed by atoms with Crippen LogP contribution in [0.3, 0.4) is 0 Å². The molecular formula is C13H14BrN3O. The lowest BCUT2D eigenvalue weighted by Crippen LogP contribution is -2.18. The van der Waals surface area contributed by atoms with Crippen LogP contribution in [0.2, 0.25) is 0 Å². The molecule has 2 aromatic rings. The Kier molecular flexibility index (Phi) is 3.18. The van der Waals surface area contributed by atoms with Crippen molar-refractivity contribution in [1.82, 2.24) is 14.7 Å². The lowest BCUT2D eigenvalue weighted by Gasteiger charge is -2.09. The van der Waals surface area contributed by atoms with Gasteiger partial charge in [-0.2, -0.15) is 0 Å². The highest BCUT2D eigenvalue weighted by Gasteiger charge is 2.16. The molecule has 3 rings (SSSR count). The quantitative estimate of drug-likeness (QED) is 0.917. The van der Waals surface area contributed by atoms with Crippen LogP contribution in [0, 0.1) is 5.92 Å². The van der Waals surface area contributed by atoms with Crippen molar-refractivity contribution in [2.45, 2.75) is 12.8 Å². The molecule has 1 saturated heterocycles. The summed E-state index contributed by atoms with van der Waals surface area (Å²) in [5, 5.41) is 3.34. The van der Waals surface area contributed by atoms with E-state index in [1.807, 2.05) is 12.1 Å². The maximum Gasteiger partial charge on any atom is 0.258 e. The molecule has 0 aliphatic carbocycles. The zero-order valence-corrected chi connectivity index (χ0v) is 11.5. The second-order valence-electron chi connectivity index (χ2n) is 4.70. The standard InChI is InChI=1S/C13H14BrN3O/c14-11-2-1-5-17-12(18)7-10(16-13(11)17)6-9-3-4-15-8-9/h1-2,5,7,9,15H,3-4,6,8H2. The number of rotatable bonds is 2. The van der Waals surface area contributed by atoms with Gasteiger partial charge in [-0.3, -0.25) is 9.20 Å². The van der Waals surface area contributed by atoms with Gasteiger partial charge in [0, 0.05) is 18.0 Å². The molecule has 4 nitrogen and oxygen atoms in total. The van der Waals surface area contributed by atoms with Crippen LogP contribution in [-0.2, 0) is 6.42 Å². The highest BCUT2D eigenvalue weighted by Crippen LogP contribution is 2.17. The zero-order valence-electron chi connectivity index (χ0n) is 9.90. The van der Waals surface area contributed by atoms with Crippen LogP contribution in [0.4, 0.5) is 0 Å². The van der Waals surface area contributed by atoms with E-state index < -0.39 is 0 Å². The van der Waals surface area contributed by atoms with Gasteiger partial charge in [-0.05, 0) is 59.9 Å². The Labute approximate surface area is 113 Å². The van der Waals surface area contributed by atoms with Crippen LogP contribution < -0.4 is 10.9 Å². The molecule has 1 atom stereocenters. The predicted octanol–water partition coefficient (Wildman–Crippen LogP) is 1.61. The fourth-order valence-corrected chi connectivity index (χ4v) is 2.86. The molecule has 0 spiro atoms. The first-order valence-electron chi connectivity index (χ1n) is 6.11. The maximum absolute atomic E-state index is 12.0. The molecule has 1 aliphatic rings. The summed E-state index contributed by atoms with van der Waals surface area (Å²) in [6, 6.07) is 5.39. The Morgan fingerprint density at radius 2 is 2.44 bits per heavy atom. The van der Waals surface area contributed by atoms with Crippen LogP contribution in [-0.4, -0.2) is 22.5 Å². The van der Waals surface area contributed by atoms with Crippen LogP contribution in [0.1, 0.15) is 12.1 Å².